The highest BCUT2D eigenvalue weighted by atomic mass is 32.2. The highest BCUT2D eigenvalue weighted by Gasteiger charge is 2.12. The highest BCUT2D eigenvalue weighted by Crippen LogP contribution is 2.17. The van der Waals surface area contributed by atoms with Gasteiger partial charge >= 0.3 is 5.97 Å². The van der Waals surface area contributed by atoms with E-state index < -0.39 is 10.0 Å². The zero-order valence-electron chi connectivity index (χ0n) is 12.1. The zero-order valence-corrected chi connectivity index (χ0v) is 12.9. The number of carbonyl (C=O) groups excluding carboxylic acids is 1. The molecule has 0 heterocycles. The molecule has 0 saturated carbocycles. The van der Waals surface area contributed by atoms with Crippen molar-refractivity contribution >= 4 is 21.7 Å². The number of carbonyl (C=O) groups is 1. The van der Waals surface area contributed by atoms with Crippen LogP contribution in [0.15, 0.2) is 29.2 Å². The Morgan fingerprint density at radius 3 is 2.29 bits per heavy atom. The van der Waals surface area contributed by atoms with E-state index in [0.717, 1.165) is 5.69 Å². The van der Waals surface area contributed by atoms with E-state index in [9.17, 15) is 13.2 Å². The number of sulfonamides is 1. The minimum atomic E-state index is -3.71. The number of hydrogen-bond donors (Lipinski definition) is 1. The number of rotatable bonds is 8. The smallest absolute Gasteiger partial charge is 0.307 e. The van der Waals surface area contributed by atoms with E-state index in [1.165, 1.54) is 19.2 Å². The van der Waals surface area contributed by atoms with Crippen molar-refractivity contribution in [2.75, 3.05) is 38.8 Å². The van der Waals surface area contributed by atoms with Gasteiger partial charge in [-0.05, 0) is 24.3 Å². The van der Waals surface area contributed by atoms with Gasteiger partial charge in [0.25, 0.3) is 0 Å². The van der Waals surface area contributed by atoms with Crippen LogP contribution in [0.25, 0.3) is 0 Å². The minimum absolute atomic E-state index is 0.0471. The van der Waals surface area contributed by atoms with Crippen LogP contribution in [0.2, 0.25) is 0 Å². The van der Waals surface area contributed by atoms with Crippen LogP contribution >= 0.6 is 0 Å². The quantitative estimate of drug-likeness (QED) is 0.695. The SMILES string of the molecule is COCCN(CCC(=O)OC)c1ccc(S(N)(=O)=O)cc1. The summed E-state index contributed by atoms with van der Waals surface area (Å²) in [4.78, 5) is 13.2. The topological polar surface area (TPSA) is 98.9 Å². The lowest BCUT2D eigenvalue weighted by atomic mass is 10.2. The number of ether oxygens (including phenoxy) is 2. The fourth-order valence-electron chi connectivity index (χ4n) is 1.75. The van der Waals surface area contributed by atoms with Crippen LogP contribution in [0.5, 0.6) is 0 Å². The Morgan fingerprint density at radius 2 is 1.81 bits per heavy atom. The third-order valence-corrected chi connectivity index (χ3v) is 3.84. The van der Waals surface area contributed by atoms with Gasteiger partial charge in [-0.3, -0.25) is 4.79 Å². The molecule has 0 radical (unpaired) electrons. The van der Waals surface area contributed by atoms with Gasteiger partial charge in [-0.2, -0.15) is 0 Å². The minimum Gasteiger partial charge on any atom is -0.469 e. The molecule has 1 aromatic carbocycles. The van der Waals surface area contributed by atoms with Gasteiger partial charge in [0.2, 0.25) is 10.0 Å². The molecular formula is C13H20N2O5S. The first-order valence-electron chi connectivity index (χ1n) is 6.32. The largest absolute Gasteiger partial charge is 0.469 e. The Bertz CT molecular complexity index is 556. The lowest BCUT2D eigenvalue weighted by Gasteiger charge is -2.24. The van der Waals surface area contributed by atoms with Crippen LogP contribution in [0.3, 0.4) is 0 Å². The van der Waals surface area contributed by atoms with Crippen LogP contribution in [-0.4, -0.2) is 48.3 Å². The van der Waals surface area contributed by atoms with Crippen molar-refractivity contribution in [2.45, 2.75) is 11.3 Å². The van der Waals surface area contributed by atoms with Crippen molar-refractivity contribution < 1.29 is 22.7 Å². The number of methoxy groups -OCH3 is 2. The number of nitrogens with two attached hydrogens (primary N) is 1. The maximum absolute atomic E-state index is 11.2. The van der Waals surface area contributed by atoms with E-state index in [0.29, 0.717) is 19.7 Å². The Hall–Kier alpha value is -1.64. The van der Waals surface area contributed by atoms with E-state index in [1.54, 1.807) is 19.2 Å². The molecular weight excluding hydrogens is 296 g/mol. The Balaban J connectivity index is 2.84. The van der Waals surface area contributed by atoms with Gasteiger partial charge in [-0.15, -0.1) is 0 Å². The summed E-state index contributed by atoms with van der Waals surface area (Å²) in [5.74, 6) is -0.307. The molecule has 1 rings (SSSR count). The van der Waals surface area contributed by atoms with Crippen LogP contribution in [0.4, 0.5) is 5.69 Å². The summed E-state index contributed by atoms with van der Waals surface area (Å²) in [6, 6.07) is 6.16. The second-order valence-electron chi connectivity index (χ2n) is 4.34. The summed E-state index contributed by atoms with van der Waals surface area (Å²) in [6.07, 6.45) is 0.233. The molecule has 0 bridgehead atoms. The van der Waals surface area contributed by atoms with Gasteiger partial charge in [-0.1, -0.05) is 0 Å². The van der Waals surface area contributed by atoms with Gasteiger partial charge in [-0.25, -0.2) is 13.6 Å². The second-order valence-corrected chi connectivity index (χ2v) is 5.91. The number of nitrogens with zero attached hydrogens (tertiary/aromatic N) is 1. The summed E-state index contributed by atoms with van der Waals surface area (Å²) in [5, 5.41) is 5.06. The fraction of sp³-hybridized carbons (Fsp3) is 0.462. The molecule has 2 N–H and O–H groups in total. The van der Waals surface area contributed by atoms with Crippen molar-refractivity contribution in [3.63, 3.8) is 0 Å². The number of anilines is 1. The van der Waals surface area contributed by atoms with Gasteiger partial charge in [0, 0.05) is 25.9 Å². The van der Waals surface area contributed by atoms with Crippen molar-refractivity contribution in [3.05, 3.63) is 24.3 Å². The fourth-order valence-corrected chi connectivity index (χ4v) is 2.26. The molecule has 0 aromatic heterocycles. The van der Waals surface area contributed by atoms with Gasteiger partial charge in [0.1, 0.15) is 0 Å². The lowest BCUT2D eigenvalue weighted by molar-refractivity contribution is -0.140. The predicted molar refractivity (Wildman–Crippen MR) is 78.5 cm³/mol. The van der Waals surface area contributed by atoms with Crippen LogP contribution in [0, 0.1) is 0 Å². The van der Waals surface area contributed by atoms with E-state index >= 15 is 0 Å². The molecule has 0 aliphatic rings. The lowest BCUT2D eigenvalue weighted by Crippen LogP contribution is -2.30. The van der Waals surface area contributed by atoms with Crippen LogP contribution < -0.4 is 10.0 Å². The van der Waals surface area contributed by atoms with Gasteiger partial charge in [0.15, 0.2) is 0 Å². The number of esters is 1. The second kappa shape index (κ2) is 7.96. The van der Waals surface area contributed by atoms with E-state index in [2.05, 4.69) is 4.74 Å². The highest BCUT2D eigenvalue weighted by molar-refractivity contribution is 7.89. The maximum atomic E-state index is 11.2. The standard InChI is InChI=1S/C13H20N2O5S/c1-19-10-9-15(8-7-13(16)20-2)11-3-5-12(6-4-11)21(14,17)18/h3-6H,7-10H2,1-2H3,(H2,14,17,18). The molecule has 21 heavy (non-hydrogen) atoms. The molecule has 0 unspecified atom stereocenters. The molecule has 7 nitrogen and oxygen atoms in total. The summed E-state index contributed by atoms with van der Waals surface area (Å²) in [5.41, 5.74) is 0.781. The predicted octanol–water partition coefficient (Wildman–Crippen LogP) is 0.350. The molecule has 0 spiro atoms. The molecule has 0 amide bonds. The molecule has 0 aliphatic carbocycles. The first kappa shape index (κ1) is 17.4. The first-order valence-corrected chi connectivity index (χ1v) is 7.86. The van der Waals surface area contributed by atoms with Crippen molar-refractivity contribution in [3.8, 4) is 0 Å². The summed E-state index contributed by atoms with van der Waals surface area (Å²) < 4.78 is 32.1. The average molecular weight is 316 g/mol. The third kappa shape index (κ3) is 5.70. The van der Waals surface area contributed by atoms with E-state index in [1.807, 2.05) is 4.90 Å². The molecule has 0 aliphatic heterocycles. The Labute approximate surface area is 124 Å². The average Bonchev–Trinajstić information content (AvgIpc) is 2.46. The number of hydrogen-bond acceptors (Lipinski definition) is 6. The number of benzene rings is 1. The van der Waals surface area contributed by atoms with Gasteiger partial charge in [0.05, 0.1) is 25.0 Å². The molecule has 1 aromatic rings. The summed E-state index contributed by atoms with van der Waals surface area (Å²) in [6.45, 7) is 1.51. The molecule has 0 atom stereocenters. The zero-order chi connectivity index (χ0) is 15.9. The monoisotopic (exact) mass is 316 g/mol. The van der Waals surface area contributed by atoms with E-state index in [4.69, 9.17) is 9.88 Å². The third-order valence-electron chi connectivity index (χ3n) is 2.91. The Kier molecular flexibility index (Phi) is 6.60. The van der Waals surface area contributed by atoms with Crippen LogP contribution in [0.1, 0.15) is 6.42 Å². The molecule has 8 heteroatoms. The maximum Gasteiger partial charge on any atom is 0.307 e. The van der Waals surface area contributed by atoms with E-state index in [-0.39, 0.29) is 17.3 Å². The molecule has 0 fully saturated rings. The molecule has 118 valence electrons. The number of primary sulfonamides is 1. The first-order chi connectivity index (χ1) is 9.88. The van der Waals surface area contributed by atoms with Crippen molar-refractivity contribution in [2.24, 2.45) is 5.14 Å². The van der Waals surface area contributed by atoms with Crippen molar-refractivity contribution in [1.82, 2.24) is 0 Å². The van der Waals surface area contributed by atoms with Crippen molar-refractivity contribution in [1.29, 1.82) is 0 Å². The summed E-state index contributed by atoms with van der Waals surface area (Å²) >= 11 is 0. The normalized spacial score (nSPS) is 11.2. The molecule has 0 saturated heterocycles. The Morgan fingerprint density at radius 1 is 1.19 bits per heavy atom. The summed E-state index contributed by atoms with van der Waals surface area (Å²) in [7, 11) is -0.787. The van der Waals surface area contributed by atoms with Gasteiger partial charge < -0.3 is 14.4 Å². The van der Waals surface area contributed by atoms with Crippen LogP contribution in [-0.2, 0) is 24.3 Å².